The Hall–Kier alpha value is -2.45. The Morgan fingerprint density at radius 3 is 2.15 bits per heavy atom. The molecule has 8 heteroatoms. The van der Waals surface area contributed by atoms with Crippen molar-refractivity contribution >= 4 is 27.3 Å². The molecule has 6 nitrogen and oxygen atoms in total. The molecule has 2 N–H and O–H groups in total. The van der Waals surface area contributed by atoms with Crippen LogP contribution in [0.4, 0.5) is 15.8 Å². The second kappa shape index (κ2) is 8.06. The maximum Gasteiger partial charge on any atom is 0.246 e. The third kappa shape index (κ3) is 4.64. The number of hydrogen-bond acceptors (Lipinski definition) is 4. The second-order valence-electron chi connectivity index (χ2n) is 6.50. The first-order chi connectivity index (χ1) is 12.9. The number of carbonyl (C=O) groups excluding carboxylic acids is 1. The molecule has 0 saturated carbocycles. The first-order valence-corrected chi connectivity index (χ1v) is 10.2. The van der Waals surface area contributed by atoms with E-state index in [4.69, 9.17) is 0 Å². The van der Waals surface area contributed by atoms with Gasteiger partial charge in [-0.3, -0.25) is 4.79 Å². The smallest absolute Gasteiger partial charge is 0.246 e. The second-order valence-corrected chi connectivity index (χ2v) is 8.44. The van der Waals surface area contributed by atoms with Gasteiger partial charge in [-0.2, -0.15) is 4.31 Å². The topological polar surface area (TPSA) is 78.5 Å². The number of nitrogens with one attached hydrogen (secondary N) is 2. The zero-order valence-corrected chi connectivity index (χ0v) is 15.8. The van der Waals surface area contributed by atoms with Crippen LogP contribution in [-0.2, 0) is 14.8 Å². The van der Waals surface area contributed by atoms with Crippen LogP contribution in [-0.4, -0.2) is 37.8 Å². The van der Waals surface area contributed by atoms with Crippen LogP contribution in [0.5, 0.6) is 0 Å². The van der Waals surface area contributed by atoms with E-state index in [-0.39, 0.29) is 16.6 Å². The monoisotopic (exact) mass is 391 g/mol. The highest BCUT2D eigenvalue weighted by molar-refractivity contribution is 7.89. The summed E-state index contributed by atoms with van der Waals surface area (Å²) >= 11 is 0. The molecule has 2 aromatic rings. The molecular formula is C19H22FN3O3S. The summed E-state index contributed by atoms with van der Waals surface area (Å²) in [5, 5.41) is 5.72. The summed E-state index contributed by atoms with van der Waals surface area (Å²) in [6.45, 7) is 2.78. The molecular weight excluding hydrogens is 369 g/mol. The molecule has 1 amide bonds. The van der Waals surface area contributed by atoms with Gasteiger partial charge in [0.15, 0.2) is 0 Å². The normalized spacial score (nSPS) is 16.1. The number of anilines is 2. The van der Waals surface area contributed by atoms with Gasteiger partial charge in [0.1, 0.15) is 11.9 Å². The van der Waals surface area contributed by atoms with Crippen molar-refractivity contribution in [2.75, 3.05) is 23.7 Å². The van der Waals surface area contributed by atoms with Crippen molar-refractivity contribution in [1.29, 1.82) is 0 Å². The van der Waals surface area contributed by atoms with E-state index in [0.29, 0.717) is 24.5 Å². The summed E-state index contributed by atoms with van der Waals surface area (Å²) in [5.41, 5.74) is 1.14. The van der Waals surface area contributed by atoms with Gasteiger partial charge in [-0.15, -0.1) is 0 Å². The minimum atomic E-state index is -3.47. The fourth-order valence-corrected chi connectivity index (χ4v) is 4.42. The molecule has 0 radical (unpaired) electrons. The van der Waals surface area contributed by atoms with E-state index in [9.17, 15) is 17.6 Å². The standard InChI is InChI=1S/C19H22FN3O3S/c1-14(21-16-6-4-15(20)5-7-16)19(24)22-17-8-10-18(11-9-17)27(25,26)23-12-2-3-13-23/h4-11,14,21H,2-3,12-13H2,1H3,(H,22,24)/t14-/m0/s1. The summed E-state index contributed by atoms with van der Waals surface area (Å²) in [5.74, 6) is -0.629. The van der Waals surface area contributed by atoms with Crippen molar-refractivity contribution in [3.05, 3.63) is 54.3 Å². The molecule has 3 rings (SSSR count). The number of amides is 1. The van der Waals surface area contributed by atoms with E-state index < -0.39 is 16.1 Å². The first-order valence-electron chi connectivity index (χ1n) is 8.79. The maximum atomic E-state index is 12.9. The van der Waals surface area contributed by atoms with Crippen molar-refractivity contribution in [3.8, 4) is 0 Å². The molecule has 1 heterocycles. The number of benzene rings is 2. The Morgan fingerprint density at radius 2 is 1.56 bits per heavy atom. The largest absolute Gasteiger partial charge is 0.374 e. The first kappa shape index (κ1) is 19.3. The molecule has 0 spiro atoms. The third-order valence-corrected chi connectivity index (χ3v) is 6.36. The Bertz CT molecular complexity index is 893. The molecule has 1 aliphatic rings. The molecule has 1 fully saturated rings. The lowest BCUT2D eigenvalue weighted by molar-refractivity contribution is -0.116. The van der Waals surface area contributed by atoms with Gasteiger partial charge in [0.05, 0.1) is 4.90 Å². The van der Waals surface area contributed by atoms with Crippen LogP contribution in [0.1, 0.15) is 19.8 Å². The van der Waals surface area contributed by atoms with Crippen LogP contribution >= 0.6 is 0 Å². The van der Waals surface area contributed by atoms with Crippen molar-refractivity contribution in [2.45, 2.75) is 30.7 Å². The predicted molar refractivity (Wildman–Crippen MR) is 103 cm³/mol. The maximum absolute atomic E-state index is 12.9. The lowest BCUT2D eigenvalue weighted by atomic mass is 10.2. The molecule has 0 aromatic heterocycles. The van der Waals surface area contributed by atoms with Gasteiger partial charge in [-0.05, 0) is 68.3 Å². The van der Waals surface area contributed by atoms with Crippen molar-refractivity contribution in [3.63, 3.8) is 0 Å². The number of sulfonamides is 1. The molecule has 144 valence electrons. The van der Waals surface area contributed by atoms with E-state index in [1.165, 1.54) is 28.6 Å². The number of hydrogen-bond donors (Lipinski definition) is 2. The van der Waals surface area contributed by atoms with Gasteiger partial charge in [0, 0.05) is 24.5 Å². The summed E-state index contributed by atoms with van der Waals surface area (Å²) in [6, 6.07) is 11.3. The quantitative estimate of drug-likeness (QED) is 0.793. The van der Waals surface area contributed by atoms with Crippen LogP contribution < -0.4 is 10.6 Å². The fourth-order valence-electron chi connectivity index (χ4n) is 2.90. The van der Waals surface area contributed by atoms with E-state index in [1.54, 1.807) is 31.2 Å². The summed E-state index contributed by atoms with van der Waals surface area (Å²) < 4.78 is 39.4. The highest BCUT2D eigenvalue weighted by Gasteiger charge is 2.27. The SMILES string of the molecule is C[C@H](Nc1ccc(F)cc1)C(=O)Nc1ccc(S(=O)(=O)N2CCCC2)cc1. The minimum absolute atomic E-state index is 0.222. The molecule has 1 saturated heterocycles. The van der Waals surface area contributed by atoms with Crippen LogP contribution in [0, 0.1) is 5.82 Å². The van der Waals surface area contributed by atoms with Crippen LogP contribution in [0.25, 0.3) is 0 Å². The van der Waals surface area contributed by atoms with Gasteiger partial charge >= 0.3 is 0 Å². The Balaban J connectivity index is 1.61. The Kier molecular flexibility index (Phi) is 5.76. The van der Waals surface area contributed by atoms with Crippen molar-refractivity contribution < 1.29 is 17.6 Å². The van der Waals surface area contributed by atoms with E-state index in [1.807, 2.05) is 0 Å². The van der Waals surface area contributed by atoms with Gasteiger partial charge in [0.25, 0.3) is 0 Å². The van der Waals surface area contributed by atoms with Gasteiger partial charge < -0.3 is 10.6 Å². The summed E-state index contributed by atoms with van der Waals surface area (Å²) in [7, 11) is -3.47. The van der Waals surface area contributed by atoms with Crippen molar-refractivity contribution in [1.82, 2.24) is 4.31 Å². The zero-order chi connectivity index (χ0) is 19.4. The lowest BCUT2D eigenvalue weighted by Gasteiger charge is -2.17. The molecule has 27 heavy (non-hydrogen) atoms. The highest BCUT2D eigenvalue weighted by atomic mass is 32.2. The van der Waals surface area contributed by atoms with E-state index >= 15 is 0 Å². The van der Waals surface area contributed by atoms with Crippen LogP contribution in [0.2, 0.25) is 0 Å². The fraction of sp³-hybridized carbons (Fsp3) is 0.316. The molecule has 1 aliphatic heterocycles. The minimum Gasteiger partial charge on any atom is -0.374 e. The lowest BCUT2D eigenvalue weighted by Crippen LogP contribution is -2.32. The molecule has 2 aromatic carbocycles. The summed E-state index contributed by atoms with van der Waals surface area (Å²) in [4.78, 5) is 12.5. The molecule has 0 bridgehead atoms. The van der Waals surface area contributed by atoms with Crippen LogP contribution in [0.3, 0.4) is 0 Å². The van der Waals surface area contributed by atoms with Gasteiger partial charge in [-0.25, -0.2) is 12.8 Å². The average molecular weight is 391 g/mol. The number of halogens is 1. The van der Waals surface area contributed by atoms with Crippen LogP contribution in [0.15, 0.2) is 53.4 Å². The predicted octanol–water partition coefficient (Wildman–Crippen LogP) is 3.05. The zero-order valence-electron chi connectivity index (χ0n) is 15.0. The number of nitrogens with zero attached hydrogens (tertiary/aromatic N) is 1. The van der Waals surface area contributed by atoms with Gasteiger partial charge in [0.2, 0.25) is 15.9 Å². The molecule has 0 unspecified atom stereocenters. The van der Waals surface area contributed by atoms with Crippen molar-refractivity contribution in [2.24, 2.45) is 0 Å². The highest BCUT2D eigenvalue weighted by Crippen LogP contribution is 2.22. The Labute approximate surface area is 158 Å². The van der Waals surface area contributed by atoms with E-state index in [0.717, 1.165) is 12.8 Å². The number of rotatable bonds is 6. The summed E-state index contributed by atoms with van der Waals surface area (Å²) in [6.07, 6.45) is 1.76. The number of carbonyl (C=O) groups is 1. The van der Waals surface area contributed by atoms with E-state index in [2.05, 4.69) is 10.6 Å². The molecule has 1 atom stereocenters. The Morgan fingerprint density at radius 1 is 1.00 bits per heavy atom. The molecule has 0 aliphatic carbocycles. The average Bonchev–Trinajstić information content (AvgIpc) is 3.19. The third-order valence-electron chi connectivity index (χ3n) is 4.45. The van der Waals surface area contributed by atoms with Gasteiger partial charge in [-0.1, -0.05) is 0 Å².